The molecule has 0 spiro atoms. The Bertz CT molecular complexity index is 477. The molecule has 0 radical (unpaired) electrons. The van der Waals surface area contributed by atoms with E-state index in [0.717, 1.165) is 17.7 Å². The van der Waals surface area contributed by atoms with Crippen LogP contribution < -0.4 is 5.32 Å². The van der Waals surface area contributed by atoms with Gasteiger partial charge in [0.05, 0.1) is 0 Å². The molecule has 1 aromatic heterocycles. The molecule has 1 saturated carbocycles. The van der Waals surface area contributed by atoms with E-state index in [1.165, 1.54) is 15.6 Å². The van der Waals surface area contributed by atoms with Gasteiger partial charge in [-0.2, -0.15) is 4.31 Å². The van der Waals surface area contributed by atoms with Crippen LogP contribution in [-0.4, -0.2) is 33.4 Å². The summed E-state index contributed by atoms with van der Waals surface area (Å²) in [4.78, 5) is 1.05. The van der Waals surface area contributed by atoms with Gasteiger partial charge >= 0.3 is 0 Å². The standard InChI is InChI=1S/C11H18N2O2S2/c1-12-7-10-5-6-11(16-10)17(14,15)13(2)8-9-3-4-9/h5-6,9,12H,3-4,7-8H2,1-2H3. The van der Waals surface area contributed by atoms with E-state index in [1.54, 1.807) is 13.1 Å². The van der Waals surface area contributed by atoms with Crippen LogP contribution in [0.1, 0.15) is 17.7 Å². The van der Waals surface area contributed by atoms with Crippen molar-refractivity contribution in [2.45, 2.75) is 23.6 Å². The zero-order chi connectivity index (χ0) is 12.5. The molecule has 4 nitrogen and oxygen atoms in total. The summed E-state index contributed by atoms with van der Waals surface area (Å²) in [6.07, 6.45) is 2.32. The number of sulfonamides is 1. The van der Waals surface area contributed by atoms with Crippen LogP contribution >= 0.6 is 11.3 Å². The second kappa shape index (κ2) is 5.06. The summed E-state index contributed by atoms with van der Waals surface area (Å²) in [5.74, 6) is 0.575. The number of rotatable bonds is 6. The Kier molecular flexibility index (Phi) is 3.87. The molecule has 17 heavy (non-hydrogen) atoms. The van der Waals surface area contributed by atoms with E-state index >= 15 is 0 Å². The van der Waals surface area contributed by atoms with E-state index in [0.29, 0.717) is 23.2 Å². The highest BCUT2D eigenvalue weighted by Gasteiger charge is 2.29. The third-order valence-corrected chi connectivity index (χ3v) is 6.24. The number of hydrogen-bond acceptors (Lipinski definition) is 4. The van der Waals surface area contributed by atoms with Gasteiger partial charge in [0.15, 0.2) is 0 Å². The maximum absolute atomic E-state index is 12.2. The maximum atomic E-state index is 12.2. The van der Waals surface area contributed by atoms with Gasteiger partial charge in [-0.25, -0.2) is 8.42 Å². The molecule has 1 aliphatic rings. The van der Waals surface area contributed by atoms with Gasteiger partial charge in [-0.3, -0.25) is 0 Å². The summed E-state index contributed by atoms with van der Waals surface area (Å²) >= 11 is 1.35. The van der Waals surface area contributed by atoms with Crippen LogP contribution in [0.5, 0.6) is 0 Å². The monoisotopic (exact) mass is 274 g/mol. The van der Waals surface area contributed by atoms with Crippen molar-refractivity contribution in [3.8, 4) is 0 Å². The minimum Gasteiger partial charge on any atom is -0.315 e. The summed E-state index contributed by atoms with van der Waals surface area (Å²) in [5, 5.41) is 3.02. The first-order chi connectivity index (χ1) is 8.04. The van der Waals surface area contributed by atoms with E-state index in [1.807, 2.05) is 13.1 Å². The Morgan fingerprint density at radius 1 is 1.47 bits per heavy atom. The lowest BCUT2D eigenvalue weighted by molar-refractivity contribution is 0.454. The fourth-order valence-corrected chi connectivity index (χ4v) is 4.51. The van der Waals surface area contributed by atoms with Gasteiger partial charge in [-0.15, -0.1) is 11.3 Å². The Labute approximate surface area is 107 Å². The molecule has 0 unspecified atom stereocenters. The first-order valence-corrected chi connectivity index (χ1v) is 7.99. The molecule has 0 atom stereocenters. The van der Waals surface area contributed by atoms with Gasteiger partial charge in [-0.1, -0.05) is 0 Å². The van der Waals surface area contributed by atoms with Crippen molar-refractivity contribution in [2.75, 3.05) is 20.6 Å². The van der Waals surface area contributed by atoms with Crippen molar-refractivity contribution in [2.24, 2.45) is 5.92 Å². The second-order valence-electron chi connectivity index (χ2n) is 4.48. The predicted molar refractivity (Wildman–Crippen MR) is 69.6 cm³/mol. The van der Waals surface area contributed by atoms with Gasteiger partial charge in [0.25, 0.3) is 10.0 Å². The first kappa shape index (κ1) is 13.0. The van der Waals surface area contributed by atoms with E-state index < -0.39 is 10.0 Å². The van der Waals surface area contributed by atoms with Crippen molar-refractivity contribution in [1.82, 2.24) is 9.62 Å². The summed E-state index contributed by atoms with van der Waals surface area (Å²) in [6.45, 7) is 1.37. The van der Waals surface area contributed by atoms with Crippen LogP contribution in [0.4, 0.5) is 0 Å². The molecule has 0 bridgehead atoms. The molecule has 1 aromatic rings. The lowest BCUT2D eigenvalue weighted by atomic mass is 10.4. The van der Waals surface area contributed by atoms with Gasteiger partial charge in [0.1, 0.15) is 4.21 Å². The second-order valence-corrected chi connectivity index (χ2v) is 7.92. The zero-order valence-corrected chi connectivity index (χ0v) is 11.8. The van der Waals surface area contributed by atoms with Gasteiger partial charge in [0.2, 0.25) is 0 Å². The summed E-state index contributed by atoms with van der Waals surface area (Å²) in [6, 6.07) is 3.58. The first-order valence-electron chi connectivity index (χ1n) is 5.73. The summed E-state index contributed by atoms with van der Waals surface area (Å²) in [5.41, 5.74) is 0. The van der Waals surface area contributed by atoms with Crippen molar-refractivity contribution < 1.29 is 8.42 Å². The predicted octanol–water partition coefficient (Wildman–Crippen LogP) is 1.50. The van der Waals surface area contributed by atoms with Crippen LogP contribution in [0.25, 0.3) is 0 Å². The van der Waals surface area contributed by atoms with Crippen LogP contribution in [0.2, 0.25) is 0 Å². The number of nitrogens with one attached hydrogen (secondary N) is 1. The van der Waals surface area contributed by atoms with E-state index in [2.05, 4.69) is 5.32 Å². The van der Waals surface area contributed by atoms with Crippen molar-refractivity contribution in [3.63, 3.8) is 0 Å². The van der Waals surface area contributed by atoms with Crippen LogP contribution in [0.15, 0.2) is 16.3 Å². The molecule has 0 aliphatic heterocycles. The Balaban J connectivity index is 2.11. The van der Waals surface area contributed by atoms with E-state index in [9.17, 15) is 8.42 Å². The molecule has 1 N–H and O–H groups in total. The molecule has 0 saturated heterocycles. The summed E-state index contributed by atoms with van der Waals surface area (Å²) in [7, 11) is 0.259. The van der Waals surface area contributed by atoms with Crippen molar-refractivity contribution in [1.29, 1.82) is 0 Å². The highest BCUT2D eigenvalue weighted by Crippen LogP contribution is 2.32. The molecule has 1 aliphatic carbocycles. The topological polar surface area (TPSA) is 49.4 Å². The molecule has 1 heterocycles. The minimum atomic E-state index is -3.27. The fourth-order valence-electron chi connectivity index (χ4n) is 1.68. The Morgan fingerprint density at radius 3 is 2.76 bits per heavy atom. The van der Waals surface area contributed by atoms with Gasteiger partial charge < -0.3 is 5.32 Å². The number of hydrogen-bond donors (Lipinski definition) is 1. The number of thiophene rings is 1. The minimum absolute atomic E-state index is 0.450. The SMILES string of the molecule is CNCc1ccc(S(=O)(=O)N(C)CC2CC2)s1. The number of nitrogens with zero attached hydrogens (tertiary/aromatic N) is 1. The zero-order valence-electron chi connectivity index (χ0n) is 10.1. The molecular formula is C11H18N2O2S2. The highest BCUT2D eigenvalue weighted by molar-refractivity contribution is 7.91. The molecule has 1 fully saturated rings. The lowest BCUT2D eigenvalue weighted by Crippen LogP contribution is -2.28. The maximum Gasteiger partial charge on any atom is 0.252 e. The summed E-state index contributed by atoms with van der Waals surface area (Å²) < 4.78 is 26.4. The largest absolute Gasteiger partial charge is 0.315 e. The Hall–Kier alpha value is -0.430. The van der Waals surface area contributed by atoms with Gasteiger partial charge in [-0.05, 0) is 37.9 Å². The third-order valence-electron chi connectivity index (χ3n) is 2.86. The van der Waals surface area contributed by atoms with Crippen molar-refractivity contribution in [3.05, 3.63) is 17.0 Å². The molecule has 2 rings (SSSR count). The molecular weight excluding hydrogens is 256 g/mol. The lowest BCUT2D eigenvalue weighted by Gasteiger charge is -2.15. The van der Waals surface area contributed by atoms with Crippen LogP contribution in [-0.2, 0) is 16.6 Å². The average Bonchev–Trinajstić information content (AvgIpc) is 2.95. The van der Waals surface area contributed by atoms with Crippen molar-refractivity contribution >= 4 is 21.4 Å². The molecule has 96 valence electrons. The fraction of sp³-hybridized carbons (Fsp3) is 0.636. The quantitative estimate of drug-likeness (QED) is 0.855. The highest BCUT2D eigenvalue weighted by atomic mass is 32.2. The molecule has 0 amide bonds. The molecule has 0 aromatic carbocycles. The Morgan fingerprint density at radius 2 is 2.18 bits per heavy atom. The van der Waals surface area contributed by atoms with Crippen LogP contribution in [0.3, 0.4) is 0 Å². The van der Waals surface area contributed by atoms with E-state index in [4.69, 9.17) is 0 Å². The smallest absolute Gasteiger partial charge is 0.252 e. The van der Waals surface area contributed by atoms with E-state index in [-0.39, 0.29) is 0 Å². The van der Waals surface area contributed by atoms with Crippen LogP contribution in [0, 0.1) is 5.92 Å². The third kappa shape index (κ3) is 3.07. The average molecular weight is 274 g/mol. The normalized spacial score (nSPS) is 16.6. The van der Waals surface area contributed by atoms with Gasteiger partial charge in [0, 0.05) is 25.0 Å². The molecule has 6 heteroatoms.